The highest BCUT2D eigenvalue weighted by Gasteiger charge is 2.26. The predicted octanol–water partition coefficient (Wildman–Crippen LogP) is 4.44. The number of nitro benzene ring substituents is 1. The number of carbonyl (C=O) groups is 1. The average molecular weight is 316 g/mol. The zero-order chi connectivity index (χ0) is 17.0. The summed E-state index contributed by atoms with van der Waals surface area (Å²) in [5, 5.41) is 13.4. The molecule has 0 spiro atoms. The summed E-state index contributed by atoms with van der Waals surface area (Å²) >= 11 is 0. The predicted molar refractivity (Wildman–Crippen MR) is 88.3 cm³/mol. The van der Waals surface area contributed by atoms with Gasteiger partial charge in [0.1, 0.15) is 11.8 Å². The largest absolute Gasteiger partial charge is 0.441 e. The summed E-state index contributed by atoms with van der Waals surface area (Å²) in [6.45, 7) is 7.83. The molecule has 0 saturated carbocycles. The summed E-state index contributed by atoms with van der Waals surface area (Å²) in [6.07, 6.45) is 2.59. The summed E-state index contributed by atoms with van der Waals surface area (Å²) in [7, 11) is 0. The van der Waals surface area contributed by atoms with Gasteiger partial charge < -0.3 is 4.74 Å². The van der Waals surface area contributed by atoms with Crippen molar-refractivity contribution in [2.45, 2.75) is 32.8 Å². The number of hydrogen-bond donors (Lipinski definition) is 1. The standard InChI is InChI=1S/C17H20N2O4/c1-11(2)13-9-8-12(3)16(10-13)23-17(20)18-14-6-4-5-7-15(14)19(21)22/h4-8,13,16H,1,9-10H2,2-3H3,(H,18,20). The minimum absolute atomic E-state index is 0.122. The second kappa shape index (κ2) is 7.09. The van der Waals surface area contributed by atoms with E-state index in [1.165, 1.54) is 12.1 Å². The van der Waals surface area contributed by atoms with Crippen LogP contribution < -0.4 is 5.32 Å². The normalized spacial score (nSPS) is 20.3. The molecule has 122 valence electrons. The Bertz CT molecular complexity index is 666. The van der Waals surface area contributed by atoms with Crippen LogP contribution in [0.5, 0.6) is 0 Å². The third-order valence-corrected chi connectivity index (χ3v) is 4.01. The summed E-state index contributed by atoms with van der Waals surface area (Å²) < 4.78 is 5.44. The van der Waals surface area contributed by atoms with Crippen molar-refractivity contribution >= 4 is 17.5 Å². The molecule has 0 saturated heterocycles. The van der Waals surface area contributed by atoms with Crippen LogP contribution in [0, 0.1) is 16.0 Å². The number of carbonyl (C=O) groups excluding carboxylic acids is 1. The van der Waals surface area contributed by atoms with Crippen LogP contribution in [0.4, 0.5) is 16.2 Å². The Morgan fingerprint density at radius 3 is 2.78 bits per heavy atom. The van der Waals surface area contributed by atoms with E-state index in [2.05, 4.69) is 11.9 Å². The number of nitrogens with one attached hydrogen (secondary N) is 1. The monoisotopic (exact) mass is 316 g/mol. The highest BCUT2D eigenvalue weighted by atomic mass is 16.6. The summed E-state index contributed by atoms with van der Waals surface area (Å²) in [5.41, 5.74) is 2.00. The van der Waals surface area contributed by atoms with Crippen molar-refractivity contribution in [3.63, 3.8) is 0 Å². The molecule has 0 fully saturated rings. The van der Waals surface area contributed by atoms with Crippen LogP contribution in [-0.4, -0.2) is 17.1 Å². The molecule has 1 aromatic rings. The van der Waals surface area contributed by atoms with Gasteiger partial charge in [-0.05, 0) is 44.2 Å². The highest BCUT2D eigenvalue weighted by Crippen LogP contribution is 2.31. The van der Waals surface area contributed by atoms with E-state index in [0.29, 0.717) is 6.42 Å². The van der Waals surface area contributed by atoms with Gasteiger partial charge in [0.25, 0.3) is 5.69 Å². The van der Waals surface area contributed by atoms with Gasteiger partial charge in [0.15, 0.2) is 0 Å². The maximum atomic E-state index is 12.1. The number of amides is 1. The first-order chi connectivity index (χ1) is 10.9. The van der Waals surface area contributed by atoms with Crippen molar-refractivity contribution in [2.75, 3.05) is 5.32 Å². The van der Waals surface area contributed by atoms with Crippen molar-refractivity contribution in [2.24, 2.45) is 5.92 Å². The maximum absolute atomic E-state index is 12.1. The van der Waals surface area contributed by atoms with Gasteiger partial charge in [-0.25, -0.2) is 4.79 Å². The van der Waals surface area contributed by atoms with Gasteiger partial charge in [0, 0.05) is 6.07 Å². The number of rotatable bonds is 4. The molecule has 0 aliphatic heterocycles. The number of ether oxygens (including phenoxy) is 1. The lowest BCUT2D eigenvalue weighted by Crippen LogP contribution is -2.28. The van der Waals surface area contributed by atoms with Crippen molar-refractivity contribution < 1.29 is 14.5 Å². The fourth-order valence-electron chi connectivity index (χ4n) is 2.55. The van der Waals surface area contributed by atoms with Crippen molar-refractivity contribution in [1.82, 2.24) is 0 Å². The van der Waals surface area contributed by atoms with Crippen molar-refractivity contribution in [3.8, 4) is 0 Å². The number of para-hydroxylation sites is 2. The van der Waals surface area contributed by atoms with Crippen LogP contribution in [0.15, 0.2) is 48.1 Å². The summed E-state index contributed by atoms with van der Waals surface area (Å²) in [4.78, 5) is 22.5. The van der Waals surface area contributed by atoms with E-state index in [-0.39, 0.29) is 23.4 Å². The molecule has 0 aromatic heterocycles. The number of nitro groups is 1. The van der Waals surface area contributed by atoms with Crippen LogP contribution in [-0.2, 0) is 4.74 Å². The van der Waals surface area contributed by atoms with E-state index < -0.39 is 11.0 Å². The lowest BCUT2D eigenvalue weighted by atomic mass is 9.84. The lowest BCUT2D eigenvalue weighted by molar-refractivity contribution is -0.383. The van der Waals surface area contributed by atoms with Gasteiger partial charge in [-0.1, -0.05) is 30.4 Å². The molecule has 1 aliphatic carbocycles. The highest BCUT2D eigenvalue weighted by molar-refractivity contribution is 5.88. The molecule has 2 atom stereocenters. The minimum atomic E-state index is -0.695. The molecule has 6 nitrogen and oxygen atoms in total. The molecule has 6 heteroatoms. The van der Waals surface area contributed by atoms with Gasteiger partial charge in [-0.15, -0.1) is 0 Å². The van der Waals surface area contributed by atoms with E-state index >= 15 is 0 Å². The molecule has 0 radical (unpaired) electrons. The average Bonchev–Trinajstić information content (AvgIpc) is 2.49. The van der Waals surface area contributed by atoms with Gasteiger partial charge in [0.05, 0.1) is 4.92 Å². The van der Waals surface area contributed by atoms with Crippen LogP contribution in [0.3, 0.4) is 0 Å². The first-order valence-corrected chi connectivity index (χ1v) is 7.41. The van der Waals surface area contributed by atoms with Crippen LogP contribution in [0.2, 0.25) is 0 Å². The Morgan fingerprint density at radius 2 is 2.13 bits per heavy atom. The van der Waals surface area contributed by atoms with E-state index in [9.17, 15) is 14.9 Å². The lowest BCUT2D eigenvalue weighted by Gasteiger charge is -2.28. The number of anilines is 1. The zero-order valence-electron chi connectivity index (χ0n) is 13.2. The molecular formula is C17H20N2O4. The SMILES string of the molecule is C=C(C)C1CC=C(C)C(OC(=O)Nc2ccccc2[N+](=O)[O-])C1. The Morgan fingerprint density at radius 1 is 1.43 bits per heavy atom. The fraction of sp³-hybridized carbons (Fsp3) is 0.353. The molecule has 1 N–H and O–H groups in total. The van der Waals surface area contributed by atoms with Gasteiger partial charge >= 0.3 is 6.09 Å². The molecule has 0 bridgehead atoms. The smallest absolute Gasteiger partial charge is 0.412 e. The molecule has 23 heavy (non-hydrogen) atoms. The van der Waals surface area contributed by atoms with Crippen molar-refractivity contribution in [1.29, 1.82) is 0 Å². The van der Waals surface area contributed by atoms with E-state index in [1.807, 2.05) is 19.9 Å². The topological polar surface area (TPSA) is 81.5 Å². The Labute approximate surface area is 135 Å². The first-order valence-electron chi connectivity index (χ1n) is 7.41. The Balaban J connectivity index is 2.05. The quantitative estimate of drug-likeness (QED) is 0.505. The number of benzene rings is 1. The third kappa shape index (κ3) is 4.18. The summed E-state index contributed by atoms with van der Waals surface area (Å²) in [5.74, 6) is 0.280. The number of nitrogens with zero attached hydrogens (tertiary/aromatic N) is 1. The molecule has 1 aliphatic rings. The third-order valence-electron chi connectivity index (χ3n) is 4.01. The maximum Gasteiger partial charge on any atom is 0.412 e. The second-order valence-corrected chi connectivity index (χ2v) is 5.76. The summed E-state index contributed by atoms with van der Waals surface area (Å²) in [6, 6.07) is 5.96. The van der Waals surface area contributed by atoms with Gasteiger partial charge in [-0.3, -0.25) is 15.4 Å². The molecule has 0 heterocycles. The van der Waals surface area contributed by atoms with E-state index in [4.69, 9.17) is 4.74 Å². The molecule has 2 unspecified atom stereocenters. The number of hydrogen-bond acceptors (Lipinski definition) is 4. The first kappa shape index (κ1) is 16.7. The van der Waals surface area contributed by atoms with E-state index in [1.54, 1.807) is 12.1 Å². The molecule has 1 amide bonds. The fourth-order valence-corrected chi connectivity index (χ4v) is 2.55. The van der Waals surface area contributed by atoms with Crippen LogP contribution >= 0.6 is 0 Å². The molecule has 2 rings (SSSR count). The van der Waals surface area contributed by atoms with Crippen molar-refractivity contribution in [3.05, 3.63) is 58.2 Å². The van der Waals surface area contributed by atoms with E-state index in [0.717, 1.165) is 17.6 Å². The van der Waals surface area contributed by atoms with Gasteiger partial charge in [0.2, 0.25) is 0 Å². The second-order valence-electron chi connectivity index (χ2n) is 5.76. The van der Waals surface area contributed by atoms with Gasteiger partial charge in [-0.2, -0.15) is 0 Å². The van der Waals surface area contributed by atoms with Crippen LogP contribution in [0.1, 0.15) is 26.7 Å². The molecule has 1 aromatic carbocycles. The zero-order valence-corrected chi connectivity index (χ0v) is 13.2. The minimum Gasteiger partial charge on any atom is -0.441 e. The Hall–Kier alpha value is -2.63. The van der Waals surface area contributed by atoms with Crippen LogP contribution in [0.25, 0.3) is 0 Å². The Kier molecular flexibility index (Phi) is 5.16. The molecular weight excluding hydrogens is 296 g/mol. The number of allylic oxidation sites excluding steroid dienone is 2.